The van der Waals surface area contributed by atoms with Crippen LogP contribution in [0, 0.1) is 5.92 Å². The summed E-state index contributed by atoms with van der Waals surface area (Å²) in [6.45, 7) is 7.33. The molecule has 0 saturated carbocycles. The molecule has 0 aliphatic rings. The van der Waals surface area contributed by atoms with Gasteiger partial charge in [-0.15, -0.1) is 0 Å². The third-order valence-corrected chi connectivity index (χ3v) is 21.8. The summed E-state index contributed by atoms with van der Waals surface area (Å²) in [5.74, 6) is -1.34. The second-order valence-electron chi connectivity index (χ2n) is 30.1. The molecule has 102 heavy (non-hydrogen) atoms. The fourth-order valence-corrected chi connectivity index (χ4v) is 14.5. The Kier molecular flexibility index (Phi) is 74.4. The van der Waals surface area contributed by atoms with Gasteiger partial charge in [0.1, 0.15) is 19.3 Å². The van der Waals surface area contributed by atoms with Crippen LogP contribution in [0.2, 0.25) is 0 Å². The van der Waals surface area contributed by atoms with Crippen molar-refractivity contribution in [2.45, 2.75) is 464 Å². The number of phosphoric acid groups is 2. The largest absolute Gasteiger partial charge is 0.472 e. The average molecular weight is 1490 g/mol. The van der Waals surface area contributed by atoms with E-state index in [9.17, 15) is 43.2 Å². The third kappa shape index (κ3) is 74.9. The Labute approximate surface area is 626 Å². The van der Waals surface area contributed by atoms with Crippen LogP contribution in [0.15, 0.2) is 0 Å². The van der Waals surface area contributed by atoms with E-state index in [0.717, 1.165) is 95.8 Å². The molecule has 0 fully saturated rings. The van der Waals surface area contributed by atoms with Crippen LogP contribution in [-0.4, -0.2) is 96.7 Å². The van der Waals surface area contributed by atoms with Crippen molar-refractivity contribution in [3.8, 4) is 0 Å². The number of aliphatic hydroxyl groups is 1. The molecule has 0 aromatic rings. The van der Waals surface area contributed by atoms with Gasteiger partial charge in [0, 0.05) is 25.7 Å². The zero-order valence-corrected chi connectivity index (χ0v) is 68.5. The first-order valence-electron chi connectivity index (χ1n) is 43.2. The van der Waals surface area contributed by atoms with Gasteiger partial charge >= 0.3 is 39.5 Å². The molecular weight excluding hydrogens is 1330 g/mol. The summed E-state index contributed by atoms with van der Waals surface area (Å²) in [5.41, 5.74) is 0. The maximum atomic E-state index is 13.1. The topological polar surface area (TPSA) is 237 Å². The monoisotopic (exact) mass is 1490 g/mol. The molecule has 0 bridgehead atoms. The number of hydrogen-bond acceptors (Lipinski definition) is 15. The summed E-state index contributed by atoms with van der Waals surface area (Å²) < 4.78 is 68.8. The van der Waals surface area contributed by atoms with Crippen LogP contribution in [-0.2, 0) is 65.4 Å². The molecule has 0 amide bonds. The zero-order chi connectivity index (χ0) is 74.8. The van der Waals surface area contributed by atoms with Gasteiger partial charge in [-0.3, -0.25) is 37.3 Å². The molecule has 19 heteroatoms. The maximum Gasteiger partial charge on any atom is 0.472 e. The van der Waals surface area contributed by atoms with Crippen molar-refractivity contribution in [1.29, 1.82) is 0 Å². The number of ether oxygens (including phenoxy) is 4. The number of aliphatic hydroxyl groups excluding tert-OH is 1. The van der Waals surface area contributed by atoms with Crippen molar-refractivity contribution in [2.24, 2.45) is 5.92 Å². The highest BCUT2D eigenvalue weighted by atomic mass is 31.2. The predicted molar refractivity (Wildman–Crippen MR) is 418 cm³/mol. The van der Waals surface area contributed by atoms with E-state index < -0.39 is 97.5 Å². The first-order chi connectivity index (χ1) is 49.6. The van der Waals surface area contributed by atoms with Crippen LogP contribution in [0.3, 0.4) is 0 Å². The van der Waals surface area contributed by atoms with E-state index in [-0.39, 0.29) is 25.7 Å². The first kappa shape index (κ1) is 100. The Morgan fingerprint density at radius 3 is 0.696 bits per heavy atom. The fourth-order valence-electron chi connectivity index (χ4n) is 12.9. The Balaban J connectivity index is 5.21. The molecule has 0 saturated heterocycles. The minimum Gasteiger partial charge on any atom is -0.462 e. The summed E-state index contributed by atoms with van der Waals surface area (Å²) >= 11 is 0. The van der Waals surface area contributed by atoms with Gasteiger partial charge in [-0.1, -0.05) is 394 Å². The number of unbranched alkanes of at least 4 members (excludes halogenated alkanes) is 54. The number of carbonyl (C=O) groups excluding carboxylic acids is 4. The molecule has 0 aromatic carbocycles. The quantitative estimate of drug-likeness (QED) is 0.0222. The SMILES string of the molecule is CCCCCCCCCCCCCCCCCCCCCCCCC(=O)O[C@H](COC(=O)CCCCCCCCCCCCCCCCCCC)COP(=O)(O)OC[C@@H](O)COP(=O)(O)OC[C@@H](COC(=O)CCCCCCCCCCCCC)OC(=O)CCCCCCCCCCC(C)CC. The zero-order valence-electron chi connectivity index (χ0n) is 66.8. The van der Waals surface area contributed by atoms with Crippen molar-refractivity contribution in [3.05, 3.63) is 0 Å². The molecule has 17 nitrogen and oxygen atoms in total. The van der Waals surface area contributed by atoms with E-state index in [1.54, 1.807) is 0 Å². The highest BCUT2D eigenvalue weighted by Gasteiger charge is 2.30. The fraction of sp³-hybridized carbons (Fsp3) is 0.952. The van der Waals surface area contributed by atoms with Crippen molar-refractivity contribution in [1.82, 2.24) is 0 Å². The lowest BCUT2D eigenvalue weighted by Gasteiger charge is -2.21. The normalized spacial score (nSPS) is 14.1. The number of rotatable bonds is 83. The summed E-state index contributed by atoms with van der Waals surface area (Å²) in [6, 6.07) is 0. The first-order valence-corrected chi connectivity index (χ1v) is 46.2. The molecule has 606 valence electrons. The smallest absolute Gasteiger partial charge is 0.462 e. The molecule has 0 radical (unpaired) electrons. The molecule has 3 unspecified atom stereocenters. The molecule has 0 heterocycles. The lowest BCUT2D eigenvalue weighted by molar-refractivity contribution is -0.161. The van der Waals surface area contributed by atoms with Crippen molar-refractivity contribution in [2.75, 3.05) is 39.6 Å². The maximum absolute atomic E-state index is 13.1. The second-order valence-corrected chi connectivity index (χ2v) is 33.0. The van der Waals surface area contributed by atoms with E-state index in [2.05, 4.69) is 34.6 Å². The molecule has 3 N–H and O–H groups in total. The Morgan fingerprint density at radius 1 is 0.275 bits per heavy atom. The van der Waals surface area contributed by atoms with Crippen LogP contribution in [0.1, 0.15) is 446 Å². The van der Waals surface area contributed by atoms with Gasteiger partial charge in [0.2, 0.25) is 0 Å². The summed E-state index contributed by atoms with van der Waals surface area (Å²) in [6.07, 6.45) is 68.1. The van der Waals surface area contributed by atoms with Gasteiger partial charge in [0.05, 0.1) is 26.4 Å². The van der Waals surface area contributed by atoms with Crippen LogP contribution in [0.4, 0.5) is 0 Å². The summed E-state index contributed by atoms with van der Waals surface area (Å²) in [4.78, 5) is 73.1. The molecule has 0 aliphatic carbocycles. The molecule has 0 spiro atoms. The van der Waals surface area contributed by atoms with E-state index in [4.69, 9.17) is 37.0 Å². The van der Waals surface area contributed by atoms with Crippen molar-refractivity contribution >= 4 is 39.5 Å². The number of carbonyl (C=O) groups is 4. The van der Waals surface area contributed by atoms with E-state index in [0.29, 0.717) is 25.7 Å². The summed E-state index contributed by atoms with van der Waals surface area (Å²) in [7, 11) is -9.92. The number of hydrogen-bond donors (Lipinski definition) is 3. The molecule has 0 rings (SSSR count). The van der Waals surface area contributed by atoms with Gasteiger partial charge in [0.15, 0.2) is 12.2 Å². The van der Waals surface area contributed by atoms with Crippen LogP contribution < -0.4 is 0 Å². The number of esters is 4. The van der Waals surface area contributed by atoms with Gasteiger partial charge in [-0.25, -0.2) is 9.13 Å². The predicted octanol–water partition coefficient (Wildman–Crippen LogP) is 25.2. The second kappa shape index (κ2) is 75.9. The van der Waals surface area contributed by atoms with Crippen LogP contribution in [0.25, 0.3) is 0 Å². The van der Waals surface area contributed by atoms with Gasteiger partial charge in [0.25, 0.3) is 0 Å². The van der Waals surface area contributed by atoms with E-state index in [1.165, 1.54) is 270 Å². The lowest BCUT2D eigenvalue weighted by atomic mass is 9.99. The Hall–Kier alpha value is -1.94. The van der Waals surface area contributed by atoms with E-state index in [1.807, 2.05) is 0 Å². The Bertz CT molecular complexity index is 1950. The summed E-state index contributed by atoms with van der Waals surface area (Å²) in [5, 5.41) is 10.6. The van der Waals surface area contributed by atoms with Crippen LogP contribution in [0.5, 0.6) is 0 Å². The highest BCUT2D eigenvalue weighted by Crippen LogP contribution is 2.45. The highest BCUT2D eigenvalue weighted by molar-refractivity contribution is 7.47. The third-order valence-electron chi connectivity index (χ3n) is 19.9. The van der Waals surface area contributed by atoms with Crippen molar-refractivity contribution < 1.29 is 80.2 Å². The standard InChI is InChI=1S/C83H162O17P2/c1-6-10-13-16-19-22-25-27-29-31-32-33-34-35-37-39-41-44-47-53-58-63-68-82(87)99-78(72-94-81(86)67-62-57-52-46-43-40-38-36-30-28-26-23-20-17-14-11-7-2)74-97-101(89,90)95-70-77(84)71-96-102(91,92)98-75-79(73-93-80(85)66-61-56-51-45-42-24-21-18-15-12-8-3)100-83(88)69-64-59-54-49-48-50-55-60-65-76(5)9-4/h76-79,84H,6-75H2,1-5H3,(H,89,90)(H,91,92)/t76?,77-,78-,79-/m1/s1. The van der Waals surface area contributed by atoms with Gasteiger partial charge in [-0.2, -0.15) is 0 Å². The Morgan fingerprint density at radius 2 is 0.471 bits per heavy atom. The molecule has 6 atom stereocenters. The minimum atomic E-state index is -4.96. The minimum absolute atomic E-state index is 0.106. The molecule has 0 aromatic heterocycles. The molecular formula is C83H162O17P2. The van der Waals surface area contributed by atoms with E-state index >= 15 is 0 Å². The van der Waals surface area contributed by atoms with Crippen LogP contribution >= 0.6 is 15.6 Å². The van der Waals surface area contributed by atoms with Crippen molar-refractivity contribution in [3.63, 3.8) is 0 Å². The molecule has 0 aliphatic heterocycles. The lowest BCUT2D eigenvalue weighted by Crippen LogP contribution is -2.30. The van der Waals surface area contributed by atoms with Gasteiger partial charge in [-0.05, 0) is 31.6 Å². The number of phosphoric ester groups is 2. The average Bonchev–Trinajstić information content (AvgIpc) is 0.921. The van der Waals surface area contributed by atoms with Gasteiger partial charge < -0.3 is 33.8 Å².